The van der Waals surface area contributed by atoms with Gasteiger partial charge in [-0.05, 0) is 12.3 Å². The topological polar surface area (TPSA) is 66.9 Å². The van der Waals surface area contributed by atoms with Crippen LogP contribution in [0.1, 0.15) is 32.2 Å². The van der Waals surface area contributed by atoms with Crippen LogP contribution in [0.2, 0.25) is 0 Å². The van der Waals surface area contributed by atoms with Crippen LogP contribution in [0, 0.1) is 5.92 Å². The summed E-state index contributed by atoms with van der Waals surface area (Å²) in [6.45, 7) is 6.93. The number of urea groups is 1. The van der Waals surface area contributed by atoms with Crippen molar-refractivity contribution in [1.82, 2.24) is 15.5 Å². The lowest BCUT2D eigenvalue weighted by atomic mass is 10.1. The van der Waals surface area contributed by atoms with E-state index >= 15 is 0 Å². The molecule has 0 aliphatic carbocycles. The molecule has 0 aliphatic rings. The van der Waals surface area contributed by atoms with E-state index in [9.17, 15) is 4.79 Å². The minimum Gasteiger partial charge on any atom is -0.338 e. The van der Waals surface area contributed by atoms with Crippen molar-refractivity contribution in [2.75, 3.05) is 11.9 Å². The molecule has 0 bridgehead atoms. The lowest BCUT2D eigenvalue weighted by Gasteiger charge is -2.02. The van der Waals surface area contributed by atoms with Crippen LogP contribution in [0.4, 0.5) is 9.93 Å². The predicted molar refractivity (Wildman–Crippen MR) is 65.8 cm³/mol. The highest BCUT2D eigenvalue weighted by Gasteiger charge is 2.08. The van der Waals surface area contributed by atoms with Crippen LogP contribution < -0.4 is 10.6 Å². The van der Waals surface area contributed by atoms with E-state index in [1.54, 1.807) is 0 Å². The molecule has 0 radical (unpaired) electrons. The Morgan fingerprint density at radius 3 is 2.81 bits per heavy atom. The molecule has 0 fully saturated rings. The molecule has 0 spiro atoms. The second kappa shape index (κ2) is 6.42. The number of nitrogens with one attached hydrogen (secondary N) is 2. The molecular weight excluding hydrogens is 224 g/mol. The zero-order valence-electron chi connectivity index (χ0n) is 9.91. The van der Waals surface area contributed by atoms with E-state index in [4.69, 9.17) is 0 Å². The Labute approximate surface area is 99.7 Å². The van der Waals surface area contributed by atoms with Crippen LogP contribution in [0.3, 0.4) is 0 Å². The molecule has 1 aromatic heterocycles. The number of carbonyl (C=O) groups is 1. The van der Waals surface area contributed by atoms with Crippen molar-refractivity contribution in [3.05, 3.63) is 5.01 Å². The fourth-order valence-electron chi connectivity index (χ4n) is 1.12. The van der Waals surface area contributed by atoms with Crippen LogP contribution >= 0.6 is 11.3 Å². The van der Waals surface area contributed by atoms with Gasteiger partial charge in [-0.1, -0.05) is 32.1 Å². The zero-order valence-corrected chi connectivity index (χ0v) is 10.7. The maximum absolute atomic E-state index is 11.3. The molecule has 5 nitrogen and oxygen atoms in total. The first kappa shape index (κ1) is 12.9. The second-order valence-electron chi connectivity index (χ2n) is 3.98. The summed E-state index contributed by atoms with van der Waals surface area (Å²) in [7, 11) is 0. The number of hydrogen-bond donors (Lipinski definition) is 2. The summed E-state index contributed by atoms with van der Waals surface area (Å²) in [6, 6.07) is -0.214. The second-order valence-corrected chi connectivity index (χ2v) is 5.04. The summed E-state index contributed by atoms with van der Waals surface area (Å²) in [6.07, 6.45) is 1.82. The Kier molecular flexibility index (Phi) is 5.18. The maximum Gasteiger partial charge on any atom is 0.321 e. The van der Waals surface area contributed by atoms with Crippen molar-refractivity contribution in [3.8, 4) is 0 Å². The first-order valence-corrected chi connectivity index (χ1v) is 6.30. The van der Waals surface area contributed by atoms with Gasteiger partial charge in [-0.3, -0.25) is 5.32 Å². The highest BCUT2D eigenvalue weighted by atomic mass is 32.1. The van der Waals surface area contributed by atoms with Crippen molar-refractivity contribution >= 4 is 22.5 Å². The third-order valence-electron chi connectivity index (χ3n) is 1.81. The first-order chi connectivity index (χ1) is 7.61. The van der Waals surface area contributed by atoms with Gasteiger partial charge >= 0.3 is 6.03 Å². The van der Waals surface area contributed by atoms with Crippen molar-refractivity contribution < 1.29 is 4.79 Å². The van der Waals surface area contributed by atoms with Gasteiger partial charge in [0.25, 0.3) is 0 Å². The highest BCUT2D eigenvalue weighted by Crippen LogP contribution is 2.17. The molecule has 1 aromatic rings. The van der Waals surface area contributed by atoms with E-state index in [0.29, 0.717) is 17.6 Å². The van der Waals surface area contributed by atoms with Gasteiger partial charge in [0.15, 0.2) is 0 Å². The molecule has 1 rings (SSSR count). The van der Waals surface area contributed by atoms with Gasteiger partial charge in [0.05, 0.1) is 0 Å². The number of nitrogens with zero attached hydrogens (tertiary/aromatic N) is 2. The Morgan fingerprint density at radius 2 is 2.19 bits per heavy atom. The number of aromatic nitrogens is 2. The summed E-state index contributed by atoms with van der Waals surface area (Å²) in [5, 5.41) is 14.8. The van der Waals surface area contributed by atoms with Gasteiger partial charge in [-0.15, -0.1) is 10.2 Å². The smallest absolute Gasteiger partial charge is 0.321 e. The molecule has 0 atom stereocenters. The molecule has 2 amide bonds. The molecular formula is C10H18N4OS. The van der Waals surface area contributed by atoms with E-state index in [1.807, 2.05) is 6.92 Å². The fraction of sp³-hybridized carbons (Fsp3) is 0.700. The average molecular weight is 242 g/mol. The number of carbonyl (C=O) groups excluding carboxylic acids is 1. The Morgan fingerprint density at radius 1 is 1.44 bits per heavy atom. The van der Waals surface area contributed by atoms with Crippen molar-refractivity contribution in [2.24, 2.45) is 5.92 Å². The third-order valence-corrected chi connectivity index (χ3v) is 2.67. The molecule has 2 N–H and O–H groups in total. The molecule has 1 heterocycles. The molecule has 0 saturated heterocycles. The van der Waals surface area contributed by atoms with Gasteiger partial charge in [-0.25, -0.2) is 4.79 Å². The van der Waals surface area contributed by atoms with Gasteiger partial charge < -0.3 is 5.32 Å². The van der Waals surface area contributed by atoms with Crippen molar-refractivity contribution in [1.29, 1.82) is 0 Å². The van der Waals surface area contributed by atoms with E-state index in [1.165, 1.54) is 11.3 Å². The Bertz CT molecular complexity index is 337. The van der Waals surface area contributed by atoms with Crippen LogP contribution in [0.25, 0.3) is 0 Å². The SMILES string of the molecule is CCCNC(=O)Nc1nnc(CC(C)C)s1. The van der Waals surface area contributed by atoms with E-state index in [0.717, 1.165) is 17.8 Å². The van der Waals surface area contributed by atoms with Crippen LogP contribution in [-0.2, 0) is 6.42 Å². The van der Waals surface area contributed by atoms with Crippen LogP contribution in [-0.4, -0.2) is 22.8 Å². The van der Waals surface area contributed by atoms with Crippen LogP contribution in [0.5, 0.6) is 0 Å². The lowest BCUT2D eigenvalue weighted by molar-refractivity contribution is 0.252. The molecule has 0 aromatic carbocycles. The molecule has 90 valence electrons. The van der Waals surface area contributed by atoms with Gasteiger partial charge in [0.1, 0.15) is 5.01 Å². The van der Waals surface area contributed by atoms with Gasteiger partial charge in [0.2, 0.25) is 5.13 Å². The molecule has 6 heteroatoms. The minimum absolute atomic E-state index is 0.214. The van der Waals surface area contributed by atoms with Crippen molar-refractivity contribution in [2.45, 2.75) is 33.6 Å². The van der Waals surface area contributed by atoms with Gasteiger partial charge in [0, 0.05) is 13.0 Å². The normalized spacial score (nSPS) is 10.5. The summed E-state index contributed by atoms with van der Waals surface area (Å²) in [5.41, 5.74) is 0. The Hall–Kier alpha value is -1.17. The number of amides is 2. The third kappa shape index (κ3) is 4.57. The van der Waals surface area contributed by atoms with E-state index in [-0.39, 0.29) is 6.03 Å². The van der Waals surface area contributed by atoms with Crippen molar-refractivity contribution in [3.63, 3.8) is 0 Å². The zero-order chi connectivity index (χ0) is 12.0. The quantitative estimate of drug-likeness (QED) is 0.832. The summed E-state index contributed by atoms with van der Waals surface area (Å²) >= 11 is 1.43. The molecule has 0 saturated carbocycles. The molecule has 0 aliphatic heterocycles. The highest BCUT2D eigenvalue weighted by molar-refractivity contribution is 7.15. The van der Waals surface area contributed by atoms with Crippen LogP contribution in [0.15, 0.2) is 0 Å². The summed E-state index contributed by atoms with van der Waals surface area (Å²) in [5.74, 6) is 0.551. The average Bonchev–Trinajstić information content (AvgIpc) is 2.61. The lowest BCUT2D eigenvalue weighted by Crippen LogP contribution is -2.29. The van der Waals surface area contributed by atoms with E-state index in [2.05, 4.69) is 34.7 Å². The number of anilines is 1. The molecule has 0 unspecified atom stereocenters. The monoisotopic (exact) mass is 242 g/mol. The largest absolute Gasteiger partial charge is 0.338 e. The number of hydrogen-bond acceptors (Lipinski definition) is 4. The fourth-order valence-corrected chi connectivity index (χ4v) is 2.06. The summed E-state index contributed by atoms with van der Waals surface area (Å²) < 4.78 is 0. The first-order valence-electron chi connectivity index (χ1n) is 5.49. The minimum atomic E-state index is -0.214. The maximum atomic E-state index is 11.3. The van der Waals surface area contributed by atoms with Gasteiger partial charge in [-0.2, -0.15) is 0 Å². The molecule has 16 heavy (non-hydrogen) atoms. The number of rotatable bonds is 5. The summed E-state index contributed by atoms with van der Waals surface area (Å²) in [4.78, 5) is 11.3. The predicted octanol–water partition coefficient (Wildman–Crippen LogP) is 2.27. The standard InChI is InChI=1S/C10H18N4OS/c1-4-5-11-9(15)12-10-14-13-8(16-10)6-7(2)3/h7H,4-6H2,1-3H3,(H2,11,12,14,15). The van der Waals surface area contributed by atoms with E-state index < -0.39 is 0 Å². The Balaban J connectivity index is 2.42.